The lowest BCUT2D eigenvalue weighted by Crippen LogP contribution is -2.33. The van der Waals surface area contributed by atoms with Crippen molar-refractivity contribution < 1.29 is 0 Å². The zero-order valence-electron chi connectivity index (χ0n) is 12.9. The van der Waals surface area contributed by atoms with Gasteiger partial charge >= 0.3 is 0 Å². The van der Waals surface area contributed by atoms with E-state index >= 15 is 0 Å². The second kappa shape index (κ2) is 12.8. The molecule has 0 aliphatic rings. The van der Waals surface area contributed by atoms with Crippen LogP contribution in [0.2, 0.25) is 0 Å². The molecule has 108 valence electrons. The largest absolute Gasteiger partial charge is 0.390 e. The minimum absolute atomic E-state index is 1.07. The van der Waals surface area contributed by atoms with Gasteiger partial charge in [0.2, 0.25) is 0 Å². The van der Waals surface area contributed by atoms with Crippen LogP contribution in [0.15, 0.2) is 11.1 Å². The van der Waals surface area contributed by atoms with Crippen molar-refractivity contribution in [1.82, 2.24) is 16.0 Å². The van der Waals surface area contributed by atoms with Crippen LogP contribution in [0.4, 0.5) is 0 Å². The summed E-state index contributed by atoms with van der Waals surface area (Å²) in [6.45, 7) is 9.95. The molecular formula is C14H33N3Si. The van der Waals surface area contributed by atoms with E-state index < -0.39 is 0 Å². The Morgan fingerprint density at radius 2 is 1.11 bits per heavy atom. The minimum atomic E-state index is 1.07. The molecule has 0 rings (SSSR count). The highest BCUT2D eigenvalue weighted by molar-refractivity contribution is 6.21. The van der Waals surface area contributed by atoms with Gasteiger partial charge in [0.1, 0.15) is 5.82 Å². The minimum Gasteiger partial charge on any atom is -0.390 e. The van der Waals surface area contributed by atoms with Gasteiger partial charge in [-0.25, -0.2) is 0 Å². The molecule has 0 radical (unpaired) electrons. The van der Waals surface area contributed by atoms with Gasteiger partial charge in [-0.05, 0) is 19.3 Å². The first kappa shape index (κ1) is 17.4. The molecule has 18 heavy (non-hydrogen) atoms. The van der Waals surface area contributed by atoms with Gasteiger partial charge in [0.25, 0.3) is 0 Å². The third kappa shape index (κ3) is 9.39. The maximum atomic E-state index is 3.55. The molecule has 3 nitrogen and oxygen atoms in total. The fraction of sp³-hybridized carbons (Fsp3) is 0.857. The summed E-state index contributed by atoms with van der Waals surface area (Å²) in [6.07, 6.45) is 7.47. The molecule has 0 saturated heterocycles. The first-order chi connectivity index (χ1) is 8.76. The van der Waals surface area contributed by atoms with Crippen molar-refractivity contribution in [3.8, 4) is 0 Å². The summed E-state index contributed by atoms with van der Waals surface area (Å²) in [6, 6.07) is 0. The molecule has 0 aliphatic carbocycles. The number of unbranched alkanes of at least 4 members (excludes halogenated alkanes) is 3. The zero-order chi connectivity index (χ0) is 13.6. The van der Waals surface area contributed by atoms with E-state index in [4.69, 9.17) is 0 Å². The predicted octanol–water partition coefficient (Wildman–Crippen LogP) is 1.65. The van der Waals surface area contributed by atoms with E-state index in [-0.39, 0.29) is 0 Å². The van der Waals surface area contributed by atoms with Crippen LogP contribution in [0, 0.1) is 0 Å². The fourth-order valence-electron chi connectivity index (χ4n) is 1.65. The van der Waals surface area contributed by atoms with Crippen molar-refractivity contribution in [3.63, 3.8) is 0 Å². The van der Waals surface area contributed by atoms with Gasteiger partial charge in [0.15, 0.2) is 0 Å². The van der Waals surface area contributed by atoms with E-state index in [0.717, 1.165) is 29.9 Å². The average molecular weight is 272 g/mol. The summed E-state index contributed by atoms with van der Waals surface area (Å²) in [5, 5.41) is 12.0. The third-order valence-electron chi connectivity index (χ3n) is 2.96. The molecule has 3 N–H and O–H groups in total. The molecule has 0 aromatic carbocycles. The van der Waals surface area contributed by atoms with Gasteiger partial charge in [0, 0.05) is 25.0 Å². The molecule has 0 amide bonds. The van der Waals surface area contributed by atoms with Crippen molar-refractivity contribution in [2.75, 3.05) is 19.6 Å². The zero-order valence-corrected chi connectivity index (χ0v) is 14.9. The summed E-state index contributed by atoms with van der Waals surface area (Å²) >= 11 is 0. The average Bonchev–Trinajstić information content (AvgIpc) is 2.37. The standard InChI is InChI=1S/C14H33N3Si/c1-4-7-10-15-13(16-11-8-5-2)14(18)17-12-9-6-3/h15-17H,4-12H2,1-3,18H3. The molecule has 0 spiro atoms. The van der Waals surface area contributed by atoms with Crippen LogP contribution in [0.3, 0.4) is 0 Å². The second-order valence-corrected chi connectivity index (χ2v) is 5.84. The van der Waals surface area contributed by atoms with Crippen molar-refractivity contribution in [1.29, 1.82) is 0 Å². The summed E-state index contributed by atoms with van der Waals surface area (Å²) in [5.41, 5.74) is 0. The first-order valence-electron chi connectivity index (χ1n) is 7.68. The Morgan fingerprint density at radius 1 is 0.722 bits per heavy atom. The van der Waals surface area contributed by atoms with Gasteiger partial charge in [-0.15, -0.1) is 0 Å². The summed E-state index contributed by atoms with van der Waals surface area (Å²) in [5.74, 6) is 1.25. The Bertz CT molecular complexity index is 205. The van der Waals surface area contributed by atoms with Crippen LogP contribution in [0.25, 0.3) is 0 Å². The fourth-order valence-corrected chi connectivity index (χ4v) is 2.25. The van der Waals surface area contributed by atoms with E-state index in [1.807, 2.05) is 0 Å². The third-order valence-corrected chi connectivity index (χ3v) is 3.81. The highest BCUT2D eigenvalue weighted by Gasteiger charge is 2.00. The van der Waals surface area contributed by atoms with E-state index in [2.05, 4.69) is 36.7 Å². The van der Waals surface area contributed by atoms with E-state index in [1.54, 1.807) is 0 Å². The lowest BCUT2D eigenvalue weighted by Gasteiger charge is -2.18. The van der Waals surface area contributed by atoms with Crippen molar-refractivity contribution in [3.05, 3.63) is 11.1 Å². The highest BCUT2D eigenvalue weighted by Crippen LogP contribution is 1.95. The highest BCUT2D eigenvalue weighted by atomic mass is 28.1. The first-order valence-corrected chi connectivity index (χ1v) is 8.68. The summed E-state index contributed by atoms with van der Waals surface area (Å²) in [7, 11) is 1.07. The second-order valence-electron chi connectivity index (χ2n) is 4.84. The van der Waals surface area contributed by atoms with E-state index in [9.17, 15) is 0 Å². The lowest BCUT2D eigenvalue weighted by molar-refractivity contribution is 0.611. The normalized spacial score (nSPS) is 10.2. The number of rotatable bonds is 12. The number of hydrogen-bond acceptors (Lipinski definition) is 3. The Kier molecular flexibility index (Phi) is 12.3. The Labute approximate surface area is 117 Å². The topological polar surface area (TPSA) is 36.1 Å². The van der Waals surface area contributed by atoms with Crippen LogP contribution in [-0.4, -0.2) is 29.9 Å². The molecule has 0 aliphatic heterocycles. The number of nitrogens with one attached hydrogen (secondary N) is 3. The maximum Gasteiger partial charge on any atom is 0.112 e. The smallest absolute Gasteiger partial charge is 0.112 e. The molecule has 0 bridgehead atoms. The Balaban J connectivity index is 4.16. The van der Waals surface area contributed by atoms with Crippen molar-refractivity contribution >= 4 is 10.2 Å². The molecule has 0 aromatic heterocycles. The Morgan fingerprint density at radius 3 is 1.50 bits per heavy atom. The molecule has 4 heteroatoms. The lowest BCUT2D eigenvalue weighted by atomic mass is 10.3. The number of hydrogen-bond donors (Lipinski definition) is 3. The van der Waals surface area contributed by atoms with Crippen LogP contribution in [0.5, 0.6) is 0 Å². The summed E-state index contributed by atoms with van der Waals surface area (Å²) in [4.78, 5) is 0. The van der Waals surface area contributed by atoms with Crippen molar-refractivity contribution in [2.24, 2.45) is 0 Å². The van der Waals surface area contributed by atoms with E-state index in [1.165, 1.54) is 49.7 Å². The SMILES string of the molecule is CCCCNC([SiH3])=C(NCCCC)NCCCC. The van der Waals surface area contributed by atoms with Crippen LogP contribution < -0.4 is 16.0 Å². The predicted molar refractivity (Wildman–Crippen MR) is 85.7 cm³/mol. The molecule has 0 unspecified atom stereocenters. The Hall–Kier alpha value is -0.643. The van der Waals surface area contributed by atoms with Crippen LogP contribution in [0.1, 0.15) is 59.3 Å². The van der Waals surface area contributed by atoms with Crippen molar-refractivity contribution in [2.45, 2.75) is 59.3 Å². The molecule has 0 aromatic rings. The maximum absolute atomic E-state index is 3.55. The van der Waals surface area contributed by atoms with Gasteiger partial charge in [-0.1, -0.05) is 40.0 Å². The van der Waals surface area contributed by atoms with Crippen LogP contribution in [-0.2, 0) is 0 Å². The quantitative estimate of drug-likeness (QED) is 0.373. The van der Waals surface area contributed by atoms with Gasteiger partial charge in [-0.3, -0.25) is 0 Å². The van der Waals surface area contributed by atoms with Gasteiger partial charge in [-0.2, -0.15) is 0 Å². The molecule has 0 saturated carbocycles. The monoisotopic (exact) mass is 271 g/mol. The van der Waals surface area contributed by atoms with Gasteiger partial charge < -0.3 is 16.0 Å². The molecular weight excluding hydrogens is 238 g/mol. The van der Waals surface area contributed by atoms with Gasteiger partial charge in [0.05, 0.1) is 10.2 Å². The summed E-state index contributed by atoms with van der Waals surface area (Å²) < 4.78 is 0. The molecule has 0 fully saturated rings. The van der Waals surface area contributed by atoms with Crippen LogP contribution >= 0.6 is 0 Å². The van der Waals surface area contributed by atoms with E-state index in [0.29, 0.717) is 0 Å². The molecule has 0 heterocycles. The molecule has 0 atom stereocenters.